The van der Waals surface area contributed by atoms with Crippen LogP contribution in [0, 0.1) is 0 Å². The zero-order chi connectivity index (χ0) is 29.5. The molecule has 2 heterocycles. The Bertz CT molecular complexity index is 893. The molecule has 2 aliphatic heterocycles. The molecule has 2 saturated heterocycles. The molecule has 2 rings (SSSR count). The minimum absolute atomic E-state index is 0.162. The molecular weight excluding hydrogens is 528 g/mol. The van der Waals surface area contributed by atoms with Gasteiger partial charge in [-0.2, -0.15) is 0 Å². The van der Waals surface area contributed by atoms with Crippen LogP contribution in [0.5, 0.6) is 0 Å². The van der Waals surface area contributed by atoms with E-state index in [4.69, 9.17) is 27.8 Å². The predicted molar refractivity (Wildman–Crippen MR) is 146 cm³/mol. The normalized spacial score (nSPS) is 27.8. The summed E-state index contributed by atoms with van der Waals surface area (Å²) < 4.78 is 35.9. The zero-order valence-electron chi connectivity index (χ0n) is 24.9. The van der Waals surface area contributed by atoms with Crippen molar-refractivity contribution in [2.75, 3.05) is 20.5 Å². The van der Waals surface area contributed by atoms with Crippen molar-refractivity contribution in [1.29, 1.82) is 0 Å². The van der Waals surface area contributed by atoms with E-state index in [0.29, 0.717) is 0 Å². The third-order valence-corrected chi connectivity index (χ3v) is 17.7. The quantitative estimate of drug-likeness (QED) is 0.215. The molecule has 2 N–H and O–H groups in total. The van der Waals surface area contributed by atoms with Crippen LogP contribution < -0.4 is 0 Å². The van der Waals surface area contributed by atoms with Gasteiger partial charge in [-0.05, 0) is 42.7 Å². The number of esters is 2. The van der Waals surface area contributed by atoms with Gasteiger partial charge < -0.3 is 38.0 Å². The van der Waals surface area contributed by atoms with Gasteiger partial charge in [-0.15, -0.1) is 6.58 Å². The third-order valence-electron chi connectivity index (χ3n) is 8.77. The number of ether oxygens (including phenoxy) is 4. The SMILES string of the molecule is C=CC[C@@H](O)[C@H](O[Si](C)(C)C(C)(C)C)[C@H](O[Si](C)(C)C(C)(C)C)[C@@]12COC(=O)[C@]1([C@H](O)C(=O)OC)OCO2. The van der Waals surface area contributed by atoms with Gasteiger partial charge in [0.1, 0.15) is 19.5 Å². The summed E-state index contributed by atoms with van der Waals surface area (Å²) >= 11 is 0. The van der Waals surface area contributed by atoms with Crippen molar-refractivity contribution >= 4 is 28.6 Å². The fourth-order valence-electron chi connectivity index (χ4n) is 4.28. The van der Waals surface area contributed by atoms with Gasteiger partial charge in [0.15, 0.2) is 28.3 Å². The lowest BCUT2D eigenvalue weighted by Gasteiger charge is -2.51. The molecular formula is C26H48O10Si2. The Balaban J connectivity index is 2.86. The van der Waals surface area contributed by atoms with Gasteiger partial charge in [0.05, 0.1) is 19.3 Å². The average Bonchev–Trinajstić information content (AvgIpc) is 3.30. The number of cyclic esters (lactones) is 1. The smallest absolute Gasteiger partial charge is 0.345 e. The minimum Gasteiger partial charge on any atom is -0.467 e. The molecule has 0 spiro atoms. The Kier molecular flexibility index (Phi) is 9.61. The molecule has 6 atom stereocenters. The molecule has 220 valence electrons. The molecule has 2 aliphatic rings. The summed E-state index contributed by atoms with van der Waals surface area (Å²) in [5.41, 5.74) is -4.10. The summed E-state index contributed by atoms with van der Waals surface area (Å²) in [6, 6.07) is 0. The largest absolute Gasteiger partial charge is 0.467 e. The van der Waals surface area contributed by atoms with Gasteiger partial charge in [-0.1, -0.05) is 47.6 Å². The van der Waals surface area contributed by atoms with Crippen LogP contribution in [0.1, 0.15) is 48.0 Å². The highest BCUT2D eigenvalue weighted by molar-refractivity contribution is 6.74. The average molecular weight is 577 g/mol. The van der Waals surface area contributed by atoms with E-state index in [-0.39, 0.29) is 23.1 Å². The summed E-state index contributed by atoms with van der Waals surface area (Å²) in [7, 11) is -4.16. The number of carbonyl (C=O) groups is 2. The number of hydrogen-bond donors (Lipinski definition) is 2. The first-order chi connectivity index (χ1) is 17.1. The number of aliphatic hydroxyl groups is 2. The first-order valence-electron chi connectivity index (χ1n) is 13.0. The van der Waals surface area contributed by atoms with Gasteiger partial charge in [0, 0.05) is 0 Å². The molecule has 0 unspecified atom stereocenters. The summed E-state index contributed by atoms with van der Waals surface area (Å²) in [4.78, 5) is 25.9. The second kappa shape index (κ2) is 11.0. The number of rotatable bonds is 11. The summed E-state index contributed by atoms with van der Waals surface area (Å²) in [5, 5.41) is 22.2. The lowest BCUT2D eigenvalue weighted by molar-refractivity contribution is -0.195. The Morgan fingerprint density at radius 3 is 2.05 bits per heavy atom. The Morgan fingerprint density at radius 1 is 1.05 bits per heavy atom. The molecule has 12 heteroatoms. The van der Waals surface area contributed by atoms with Crippen LogP contribution in [0.2, 0.25) is 36.3 Å². The number of fused-ring (bicyclic) bond motifs is 1. The first kappa shape index (κ1) is 33.1. The highest BCUT2D eigenvalue weighted by Gasteiger charge is 2.79. The lowest BCUT2D eigenvalue weighted by atomic mass is 9.74. The second-order valence-electron chi connectivity index (χ2n) is 13.3. The minimum atomic E-state index is -2.68. The van der Waals surface area contributed by atoms with Gasteiger partial charge in [0.2, 0.25) is 5.60 Å². The van der Waals surface area contributed by atoms with E-state index >= 15 is 0 Å². The van der Waals surface area contributed by atoms with Crippen LogP contribution in [0.15, 0.2) is 12.7 Å². The van der Waals surface area contributed by atoms with Crippen LogP contribution >= 0.6 is 0 Å². The molecule has 0 saturated carbocycles. The maximum absolute atomic E-state index is 13.3. The molecule has 0 aromatic rings. The van der Waals surface area contributed by atoms with E-state index in [0.717, 1.165) is 7.11 Å². The Hall–Kier alpha value is -1.13. The van der Waals surface area contributed by atoms with Crippen LogP contribution in [-0.4, -0.2) is 94.9 Å². The summed E-state index contributed by atoms with van der Waals surface area (Å²) in [6.07, 6.45) is -3.65. The number of hydrogen-bond acceptors (Lipinski definition) is 10. The van der Waals surface area contributed by atoms with Crippen molar-refractivity contribution in [3.05, 3.63) is 12.7 Å². The van der Waals surface area contributed by atoms with E-state index in [9.17, 15) is 19.8 Å². The van der Waals surface area contributed by atoms with E-state index in [2.05, 4.69) is 48.1 Å². The Morgan fingerprint density at radius 2 is 1.58 bits per heavy atom. The predicted octanol–water partition coefficient (Wildman–Crippen LogP) is 3.28. The van der Waals surface area contributed by atoms with Crippen LogP contribution in [-0.2, 0) is 37.4 Å². The standard InChI is InChI=1S/C26H48O10Si2/c1-13-14-17(27)18(35-37(9,10)23(2,3)4)20(36-38(11,12)24(5,6)7)25-15-32-22(30)26(25,34-16-33-25)19(28)21(29)31-8/h13,17-20,27-28H,1,14-16H2,2-12H3/t17-,18+,19-,20+,25+,26+/m1/s1. The second-order valence-corrected chi connectivity index (χ2v) is 22.8. The van der Waals surface area contributed by atoms with Crippen molar-refractivity contribution in [2.24, 2.45) is 0 Å². The fourth-order valence-corrected chi connectivity index (χ4v) is 6.91. The van der Waals surface area contributed by atoms with Crippen molar-refractivity contribution < 1.29 is 47.6 Å². The van der Waals surface area contributed by atoms with Crippen LogP contribution in [0.3, 0.4) is 0 Å². The molecule has 38 heavy (non-hydrogen) atoms. The first-order valence-corrected chi connectivity index (χ1v) is 18.8. The van der Waals surface area contributed by atoms with E-state index in [1.807, 2.05) is 26.2 Å². The molecule has 0 bridgehead atoms. The van der Waals surface area contributed by atoms with Crippen LogP contribution in [0.4, 0.5) is 0 Å². The Labute approximate surface area is 229 Å². The van der Waals surface area contributed by atoms with Gasteiger partial charge in [-0.25, -0.2) is 9.59 Å². The number of aliphatic hydroxyl groups excluding tert-OH is 2. The highest BCUT2D eigenvalue weighted by Crippen LogP contribution is 2.52. The topological polar surface area (TPSA) is 130 Å². The molecule has 2 fully saturated rings. The summed E-state index contributed by atoms with van der Waals surface area (Å²) in [6.45, 7) is 23.5. The number of methoxy groups -OCH3 is 1. The zero-order valence-corrected chi connectivity index (χ0v) is 26.9. The lowest BCUT2D eigenvalue weighted by Crippen LogP contribution is -2.73. The maximum atomic E-state index is 13.3. The highest BCUT2D eigenvalue weighted by atomic mass is 28.4. The van der Waals surface area contributed by atoms with E-state index in [1.54, 1.807) is 6.08 Å². The fraction of sp³-hybridized carbons (Fsp3) is 0.846. The molecule has 0 amide bonds. The molecule has 0 aromatic carbocycles. The third kappa shape index (κ3) is 5.55. The molecule has 10 nitrogen and oxygen atoms in total. The van der Waals surface area contributed by atoms with Gasteiger partial charge >= 0.3 is 11.9 Å². The van der Waals surface area contributed by atoms with Crippen molar-refractivity contribution in [2.45, 2.75) is 120 Å². The van der Waals surface area contributed by atoms with Crippen molar-refractivity contribution in [3.8, 4) is 0 Å². The van der Waals surface area contributed by atoms with Crippen molar-refractivity contribution in [3.63, 3.8) is 0 Å². The summed E-state index contributed by atoms with van der Waals surface area (Å²) in [5.74, 6) is -2.06. The van der Waals surface area contributed by atoms with Crippen molar-refractivity contribution in [1.82, 2.24) is 0 Å². The van der Waals surface area contributed by atoms with Crippen LogP contribution in [0.25, 0.3) is 0 Å². The maximum Gasteiger partial charge on any atom is 0.345 e. The molecule has 0 aromatic heterocycles. The molecule has 0 radical (unpaired) electrons. The van der Waals surface area contributed by atoms with Gasteiger partial charge in [-0.3, -0.25) is 0 Å². The van der Waals surface area contributed by atoms with Gasteiger partial charge in [0.25, 0.3) is 0 Å². The monoisotopic (exact) mass is 576 g/mol. The molecule has 0 aliphatic carbocycles. The number of carbonyl (C=O) groups excluding carboxylic acids is 2. The van der Waals surface area contributed by atoms with E-state index < -0.39 is 71.0 Å². The van der Waals surface area contributed by atoms with E-state index in [1.165, 1.54) is 0 Å².